The highest BCUT2D eigenvalue weighted by Gasteiger charge is 2.49. The molecule has 0 saturated carbocycles. The SMILES string of the molecule is COC(=O)C1(O)Cc2cc(Cl)ccc2C1=NNC(=O)OCc1ccccc1. The number of ether oxygens (including phenoxy) is 2. The number of amides is 1. The summed E-state index contributed by atoms with van der Waals surface area (Å²) in [5.74, 6) is -0.881. The lowest BCUT2D eigenvalue weighted by atomic mass is 9.99. The van der Waals surface area contributed by atoms with Gasteiger partial charge in [0.2, 0.25) is 5.60 Å². The van der Waals surface area contributed by atoms with Gasteiger partial charge < -0.3 is 14.6 Å². The zero-order valence-electron chi connectivity index (χ0n) is 14.4. The van der Waals surface area contributed by atoms with Crippen LogP contribution in [0.1, 0.15) is 16.7 Å². The predicted octanol–water partition coefficient (Wildman–Crippen LogP) is 2.43. The molecule has 0 spiro atoms. The van der Waals surface area contributed by atoms with Crippen LogP contribution >= 0.6 is 11.6 Å². The van der Waals surface area contributed by atoms with E-state index in [9.17, 15) is 14.7 Å². The van der Waals surface area contributed by atoms with Gasteiger partial charge in [-0.3, -0.25) is 0 Å². The summed E-state index contributed by atoms with van der Waals surface area (Å²) in [6.45, 7) is 0.0605. The third kappa shape index (κ3) is 3.94. The molecule has 0 heterocycles. The number of carbonyl (C=O) groups is 2. The number of hydrogen-bond donors (Lipinski definition) is 2. The molecule has 7 nitrogen and oxygen atoms in total. The fourth-order valence-electron chi connectivity index (χ4n) is 2.87. The standard InChI is InChI=1S/C19H17ClN2O5/c1-26-17(23)19(25)10-13-9-14(20)7-8-15(13)16(19)21-22-18(24)27-11-12-5-3-2-4-6-12/h2-9,25H,10-11H2,1H3,(H,22,24). The molecule has 1 amide bonds. The summed E-state index contributed by atoms with van der Waals surface area (Å²) in [5, 5.41) is 15.2. The van der Waals surface area contributed by atoms with Gasteiger partial charge in [0.1, 0.15) is 12.3 Å². The number of carbonyl (C=O) groups excluding carboxylic acids is 2. The maximum Gasteiger partial charge on any atom is 0.428 e. The molecule has 0 fully saturated rings. The number of esters is 1. The summed E-state index contributed by atoms with van der Waals surface area (Å²) in [7, 11) is 1.16. The molecular weight excluding hydrogens is 372 g/mol. The van der Waals surface area contributed by atoms with E-state index in [1.165, 1.54) is 0 Å². The van der Waals surface area contributed by atoms with Crippen LogP contribution in [0.2, 0.25) is 5.02 Å². The monoisotopic (exact) mass is 388 g/mol. The summed E-state index contributed by atoms with van der Waals surface area (Å²) in [6, 6.07) is 14.0. The Hall–Kier alpha value is -2.90. The molecule has 0 radical (unpaired) electrons. The van der Waals surface area contributed by atoms with Crippen molar-refractivity contribution in [2.45, 2.75) is 18.6 Å². The Morgan fingerprint density at radius 2 is 2.00 bits per heavy atom. The number of methoxy groups -OCH3 is 1. The van der Waals surface area contributed by atoms with E-state index in [1.54, 1.807) is 18.2 Å². The van der Waals surface area contributed by atoms with E-state index in [-0.39, 0.29) is 18.7 Å². The number of hydrazone groups is 1. The molecule has 1 unspecified atom stereocenters. The molecule has 0 saturated heterocycles. The first-order valence-electron chi connectivity index (χ1n) is 8.08. The Labute approximate surface area is 160 Å². The van der Waals surface area contributed by atoms with E-state index in [1.807, 2.05) is 30.3 Å². The molecule has 8 heteroatoms. The van der Waals surface area contributed by atoms with Crippen molar-refractivity contribution in [3.63, 3.8) is 0 Å². The number of aliphatic hydroxyl groups is 1. The Morgan fingerprint density at radius 3 is 2.70 bits per heavy atom. The van der Waals surface area contributed by atoms with Crippen molar-refractivity contribution in [2.75, 3.05) is 7.11 Å². The number of rotatable bonds is 4. The zero-order chi connectivity index (χ0) is 19.4. The summed E-state index contributed by atoms with van der Waals surface area (Å²) in [6.07, 6.45) is -0.879. The normalized spacial score (nSPS) is 19.4. The maximum atomic E-state index is 12.1. The third-order valence-electron chi connectivity index (χ3n) is 4.16. The molecule has 1 aliphatic carbocycles. The minimum absolute atomic E-state index is 0.0299. The van der Waals surface area contributed by atoms with Gasteiger partial charge in [-0.15, -0.1) is 0 Å². The van der Waals surface area contributed by atoms with Gasteiger partial charge in [-0.2, -0.15) is 5.10 Å². The van der Waals surface area contributed by atoms with E-state index in [4.69, 9.17) is 21.1 Å². The third-order valence-corrected chi connectivity index (χ3v) is 4.39. The summed E-state index contributed by atoms with van der Waals surface area (Å²) < 4.78 is 9.77. The van der Waals surface area contributed by atoms with Gasteiger partial charge in [0, 0.05) is 17.0 Å². The van der Waals surface area contributed by atoms with Gasteiger partial charge in [0.15, 0.2) is 0 Å². The molecular formula is C19H17ClN2O5. The number of hydrogen-bond acceptors (Lipinski definition) is 6. The van der Waals surface area contributed by atoms with Crippen molar-refractivity contribution in [2.24, 2.45) is 5.10 Å². The lowest BCUT2D eigenvalue weighted by molar-refractivity contribution is -0.154. The molecule has 0 aliphatic heterocycles. The Balaban J connectivity index is 1.79. The van der Waals surface area contributed by atoms with Gasteiger partial charge >= 0.3 is 12.1 Å². The number of fused-ring (bicyclic) bond motifs is 1. The smallest absolute Gasteiger partial charge is 0.428 e. The zero-order valence-corrected chi connectivity index (χ0v) is 15.2. The van der Waals surface area contributed by atoms with Gasteiger partial charge in [-0.25, -0.2) is 15.0 Å². The van der Waals surface area contributed by atoms with Crippen molar-refractivity contribution >= 4 is 29.4 Å². The van der Waals surface area contributed by atoms with Crippen molar-refractivity contribution in [3.8, 4) is 0 Å². The minimum atomic E-state index is -2.02. The molecule has 1 atom stereocenters. The Morgan fingerprint density at radius 1 is 1.26 bits per heavy atom. The summed E-state index contributed by atoms with van der Waals surface area (Å²) in [4.78, 5) is 24.1. The first kappa shape index (κ1) is 18.9. The van der Waals surface area contributed by atoms with E-state index >= 15 is 0 Å². The van der Waals surface area contributed by atoms with Gasteiger partial charge in [-0.1, -0.05) is 48.0 Å². The van der Waals surface area contributed by atoms with Crippen LogP contribution in [0, 0.1) is 0 Å². The average Bonchev–Trinajstić information content (AvgIpc) is 2.96. The highest BCUT2D eigenvalue weighted by Crippen LogP contribution is 2.33. The molecule has 2 aromatic carbocycles. The Bertz CT molecular complexity index is 900. The summed E-state index contributed by atoms with van der Waals surface area (Å²) in [5.41, 5.74) is 2.09. The molecule has 27 heavy (non-hydrogen) atoms. The van der Waals surface area contributed by atoms with E-state index in [0.29, 0.717) is 16.1 Å². The van der Waals surface area contributed by atoms with Gasteiger partial charge in [-0.05, 0) is 23.3 Å². The van der Waals surface area contributed by atoms with Crippen LogP contribution in [0.25, 0.3) is 0 Å². The number of benzene rings is 2. The van der Waals surface area contributed by atoms with Gasteiger partial charge in [0.05, 0.1) is 7.11 Å². The number of halogens is 1. The van der Waals surface area contributed by atoms with Crippen LogP contribution in [0.3, 0.4) is 0 Å². The maximum absolute atomic E-state index is 12.1. The fourth-order valence-corrected chi connectivity index (χ4v) is 3.06. The highest BCUT2D eigenvalue weighted by atomic mass is 35.5. The Kier molecular flexibility index (Phi) is 5.43. The predicted molar refractivity (Wildman–Crippen MR) is 98.4 cm³/mol. The quantitative estimate of drug-likeness (QED) is 0.619. The lowest BCUT2D eigenvalue weighted by Gasteiger charge is -2.20. The lowest BCUT2D eigenvalue weighted by Crippen LogP contribution is -2.46. The van der Waals surface area contributed by atoms with Crippen LogP contribution < -0.4 is 5.43 Å². The highest BCUT2D eigenvalue weighted by molar-refractivity contribution is 6.31. The molecule has 140 valence electrons. The molecule has 0 aromatic heterocycles. The molecule has 0 bridgehead atoms. The van der Waals surface area contributed by atoms with Crippen LogP contribution in [0.5, 0.6) is 0 Å². The molecule has 1 aliphatic rings. The van der Waals surface area contributed by atoms with Gasteiger partial charge in [0.25, 0.3) is 0 Å². The number of nitrogens with one attached hydrogen (secondary N) is 1. The number of nitrogens with zero attached hydrogens (tertiary/aromatic N) is 1. The fraction of sp³-hybridized carbons (Fsp3) is 0.211. The first-order valence-corrected chi connectivity index (χ1v) is 8.46. The summed E-state index contributed by atoms with van der Waals surface area (Å²) >= 11 is 5.98. The molecule has 2 N–H and O–H groups in total. The van der Waals surface area contributed by atoms with Crippen LogP contribution in [0.4, 0.5) is 4.79 Å². The van der Waals surface area contributed by atoms with Crippen molar-refractivity contribution in [1.29, 1.82) is 0 Å². The molecule has 3 rings (SSSR count). The van der Waals surface area contributed by atoms with Crippen LogP contribution in [0.15, 0.2) is 53.6 Å². The molecule has 2 aromatic rings. The average molecular weight is 389 g/mol. The van der Waals surface area contributed by atoms with Crippen molar-refractivity contribution < 1.29 is 24.2 Å². The van der Waals surface area contributed by atoms with E-state index in [0.717, 1.165) is 12.7 Å². The van der Waals surface area contributed by atoms with Crippen LogP contribution in [-0.2, 0) is 27.3 Å². The van der Waals surface area contributed by atoms with Crippen molar-refractivity contribution in [3.05, 3.63) is 70.2 Å². The topological polar surface area (TPSA) is 97.2 Å². The minimum Gasteiger partial charge on any atom is -0.467 e. The van der Waals surface area contributed by atoms with E-state index in [2.05, 4.69) is 10.5 Å². The second kappa shape index (κ2) is 7.77. The second-order valence-electron chi connectivity index (χ2n) is 5.96. The first-order chi connectivity index (χ1) is 12.9. The van der Waals surface area contributed by atoms with E-state index < -0.39 is 17.7 Å². The second-order valence-corrected chi connectivity index (χ2v) is 6.40. The van der Waals surface area contributed by atoms with Crippen LogP contribution in [-0.4, -0.2) is 35.6 Å². The largest absolute Gasteiger partial charge is 0.467 e. The van der Waals surface area contributed by atoms with Crippen molar-refractivity contribution in [1.82, 2.24) is 5.43 Å².